The molecule has 0 bridgehead atoms. The fraction of sp³-hybridized carbons (Fsp3) is 0.182. The van der Waals surface area contributed by atoms with Gasteiger partial charge in [-0.15, -0.1) is 0 Å². The summed E-state index contributed by atoms with van der Waals surface area (Å²) >= 11 is 0. The molecule has 2 aromatic heterocycles. The number of carboxylic acids is 1. The predicted octanol–water partition coefficient (Wildman–Crippen LogP) is 0.351. The van der Waals surface area contributed by atoms with E-state index >= 15 is 0 Å². The number of nitro groups is 1. The molecule has 0 spiro atoms. The van der Waals surface area contributed by atoms with E-state index in [4.69, 9.17) is 5.11 Å². The number of aromatic carboxylic acids is 1. The molecule has 0 atom stereocenters. The molecule has 9 heteroatoms. The fourth-order valence-corrected chi connectivity index (χ4v) is 1.67. The third kappa shape index (κ3) is 2.71. The fourth-order valence-electron chi connectivity index (χ4n) is 1.67. The number of hydrogen-bond donors (Lipinski definition) is 1. The molecule has 2 aromatic rings. The molecule has 0 aliphatic rings. The summed E-state index contributed by atoms with van der Waals surface area (Å²) in [5, 5.41) is 23.2. The van der Waals surface area contributed by atoms with Crippen LogP contribution in [0.1, 0.15) is 10.5 Å². The lowest BCUT2D eigenvalue weighted by atomic mass is 10.4. The van der Waals surface area contributed by atoms with Gasteiger partial charge >= 0.3 is 11.7 Å². The van der Waals surface area contributed by atoms with Gasteiger partial charge in [0, 0.05) is 18.8 Å². The molecule has 0 aromatic carbocycles. The smallest absolute Gasteiger partial charge is 0.363 e. The summed E-state index contributed by atoms with van der Waals surface area (Å²) in [7, 11) is 0. The third-order valence-electron chi connectivity index (χ3n) is 2.61. The van der Waals surface area contributed by atoms with Gasteiger partial charge in [-0.1, -0.05) is 6.07 Å². The number of rotatable bonds is 5. The molecule has 0 amide bonds. The standard InChI is InChI=1S/C11H10N4O5/c16-9-3-1-2-4-13(9)5-6-14-7-8(15(19)20)10(12-14)11(17)18/h1-4,7H,5-6H2,(H,17,18). The lowest BCUT2D eigenvalue weighted by molar-refractivity contribution is -0.385. The summed E-state index contributed by atoms with van der Waals surface area (Å²) in [4.78, 5) is 32.2. The number of carboxylic acid groups (broad SMARTS) is 1. The molecule has 0 unspecified atom stereocenters. The van der Waals surface area contributed by atoms with Crippen LogP contribution in [0.3, 0.4) is 0 Å². The summed E-state index contributed by atoms with van der Waals surface area (Å²) in [6.45, 7) is 0.385. The Morgan fingerprint density at radius 3 is 2.70 bits per heavy atom. The van der Waals surface area contributed by atoms with Crippen molar-refractivity contribution < 1.29 is 14.8 Å². The van der Waals surface area contributed by atoms with E-state index in [9.17, 15) is 19.7 Å². The second-order valence-electron chi connectivity index (χ2n) is 3.92. The van der Waals surface area contributed by atoms with Gasteiger partial charge in [0.15, 0.2) is 0 Å². The Morgan fingerprint density at radius 1 is 1.40 bits per heavy atom. The molecule has 0 saturated carbocycles. The summed E-state index contributed by atoms with van der Waals surface area (Å²) in [5.74, 6) is -1.47. The number of hydrogen-bond acceptors (Lipinski definition) is 5. The van der Waals surface area contributed by atoms with Gasteiger partial charge in [-0.3, -0.25) is 19.6 Å². The minimum absolute atomic E-state index is 0.151. The van der Waals surface area contributed by atoms with Crippen molar-refractivity contribution in [3.8, 4) is 0 Å². The summed E-state index contributed by atoms with van der Waals surface area (Å²) in [5.41, 5.74) is -1.40. The lowest BCUT2D eigenvalue weighted by Crippen LogP contribution is -2.20. The quantitative estimate of drug-likeness (QED) is 0.622. The highest BCUT2D eigenvalue weighted by Gasteiger charge is 2.24. The van der Waals surface area contributed by atoms with Crippen LogP contribution in [-0.2, 0) is 13.1 Å². The SMILES string of the molecule is O=C(O)c1nn(CCn2ccccc2=O)cc1[N+](=O)[O-]. The first kappa shape index (κ1) is 13.5. The predicted molar refractivity (Wildman–Crippen MR) is 66.5 cm³/mol. The molecular weight excluding hydrogens is 268 g/mol. The van der Waals surface area contributed by atoms with Crippen LogP contribution in [0.15, 0.2) is 35.4 Å². The molecule has 2 rings (SSSR count). The first-order chi connectivity index (χ1) is 9.49. The van der Waals surface area contributed by atoms with Crippen LogP contribution in [0, 0.1) is 10.1 Å². The summed E-state index contributed by atoms with van der Waals surface area (Å²) in [6.07, 6.45) is 2.61. The Labute approximate surface area is 111 Å². The Balaban J connectivity index is 2.21. The zero-order valence-electron chi connectivity index (χ0n) is 10.2. The van der Waals surface area contributed by atoms with E-state index in [2.05, 4.69) is 5.10 Å². The average Bonchev–Trinajstić information content (AvgIpc) is 2.82. The maximum atomic E-state index is 11.5. The number of pyridine rings is 1. The molecule has 0 fully saturated rings. The third-order valence-corrected chi connectivity index (χ3v) is 2.61. The lowest BCUT2D eigenvalue weighted by Gasteiger charge is -2.04. The maximum Gasteiger partial charge on any atom is 0.363 e. The average molecular weight is 278 g/mol. The van der Waals surface area contributed by atoms with E-state index in [1.54, 1.807) is 18.3 Å². The molecular formula is C11H10N4O5. The van der Waals surface area contributed by atoms with E-state index in [0.29, 0.717) is 0 Å². The van der Waals surface area contributed by atoms with E-state index in [0.717, 1.165) is 10.9 Å². The van der Waals surface area contributed by atoms with E-state index in [-0.39, 0.29) is 18.6 Å². The van der Waals surface area contributed by atoms with E-state index in [1.807, 2.05) is 0 Å². The first-order valence-corrected chi connectivity index (χ1v) is 5.59. The molecule has 2 heterocycles. The van der Waals surface area contributed by atoms with Crippen LogP contribution in [-0.4, -0.2) is 30.3 Å². The Bertz CT molecular complexity index is 686. The molecule has 0 aliphatic carbocycles. The molecule has 1 N–H and O–H groups in total. The minimum atomic E-state index is -1.47. The normalized spacial score (nSPS) is 10.4. The highest BCUT2D eigenvalue weighted by atomic mass is 16.6. The van der Waals surface area contributed by atoms with E-state index in [1.165, 1.54) is 10.6 Å². The van der Waals surface area contributed by atoms with Gasteiger partial charge in [-0.2, -0.15) is 5.10 Å². The number of carbonyl (C=O) groups is 1. The number of aromatic nitrogens is 3. The van der Waals surface area contributed by atoms with Gasteiger partial charge in [-0.25, -0.2) is 4.79 Å². The van der Waals surface area contributed by atoms with Gasteiger partial charge in [-0.05, 0) is 6.07 Å². The van der Waals surface area contributed by atoms with Crippen LogP contribution in [0.25, 0.3) is 0 Å². The molecule has 0 saturated heterocycles. The van der Waals surface area contributed by atoms with Crippen molar-refractivity contribution >= 4 is 11.7 Å². The van der Waals surface area contributed by atoms with Crippen molar-refractivity contribution in [2.45, 2.75) is 13.1 Å². The summed E-state index contributed by atoms with van der Waals surface area (Å²) < 4.78 is 2.54. The second kappa shape index (κ2) is 5.34. The van der Waals surface area contributed by atoms with Crippen molar-refractivity contribution in [3.05, 3.63) is 56.8 Å². The number of nitrogens with zero attached hydrogens (tertiary/aromatic N) is 4. The van der Waals surface area contributed by atoms with Crippen molar-refractivity contribution in [2.75, 3.05) is 0 Å². The van der Waals surface area contributed by atoms with Crippen molar-refractivity contribution in [2.24, 2.45) is 0 Å². The van der Waals surface area contributed by atoms with E-state index < -0.39 is 22.3 Å². The van der Waals surface area contributed by atoms with Gasteiger partial charge in [0.2, 0.25) is 5.69 Å². The topological polar surface area (TPSA) is 120 Å². The summed E-state index contributed by atoms with van der Waals surface area (Å²) in [6, 6.07) is 4.66. The van der Waals surface area contributed by atoms with Crippen LogP contribution in [0.5, 0.6) is 0 Å². The Kier molecular flexibility index (Phi) is 3.60. The molecule has 0 radical (unpaired) electrons. The molecule has 0 aliphatic heterocycles. The van der Waals surface area contributed by atoms with Gasteiger partial charge in [0.25, 0.3) is 5.56 Å². The van der Waals surface area contributed by atoms with Crippen molar-refractivity contribution in [3.63, 3.8) is 0 Å². The van der Waals surface area contributed by atoms with Gasteiger partial charge < -0.3 is 9.67 Å². The van der Waals surface area contributed by atoms with Crippen molar-refractivity contribution in [1.82, 2.24) is 14.3 Å². The molecule has 9 nitrogen and oxygen atoms in total. The monoisotopic (exact) mass is 278 g/mol. The van der Waals surface area contributed by atoms with Crippen LogP contribution < -0.4 is 5.56 Å². The highest BCUT2D eigenvalue weighted by molar-refractivity contribution is 5.89. The maximum absolute atomic E-state index is 11.5. The van der Waals surface area contributed by atoms with Crippen molar-refractivity contribution in [1.29, 1.82) is 0 Å². The minimum Gasteiger partial charge on any atom is -0.476 e. The second-order valence-corrected chi connectivity index (χ2v) is 3.92. The largest absolute Gasteiger partial charge is 0.476 e. The highest BCUT2D eigenvalue weighted by Crippen LogP contribution is 2.16. The van der Waals surface area contributed by atoms with Gasteiger partial charge in [0.1, 0.15) is 6.20 Å². The Hall–Kier alpha value is -2.97. The first-order valence-electron chi connectivity index (χ1n) is 5.59. The zero-order valence-corrected chi connectivity index (χ0v) is 10.2. The van der Waals surface area contributed by atoms with Crippen LogP contribution in [0.4, 0.5) is 5.69 Å². The van der Waals surface area contributed by atoms with Crippen LogP contribution in [0.2, 0.25) is 0 Å². The molecule has 20 heavy (non-hydrogen) atoms. The Morgan fingerprint density at radius 2 is 2.15 bits per heavy atom. The number of aryl methyl sites for hydroxylation is 2. The molecule has 104 valence electrons. The van der Waals surface area contributed by atoms with Gasteiger partial charge in [0.05, 0.1) is 11.5 Å². The van der Waals surface area contributed by atoms with Crippen LogP contribution >= 0.6 is 0 Å². The zero-order chi connectivity index (χ0) is 14.7.